The molecule has 3 aromatic rings. The number of carboxylic acid groups (broad SMARTS) is 1. The van der Waals surface area contributed by atoms with Crippen molar-refractivity contribution in [3.63, 3.8) is 0 Å². The maximum Gasteiger partial charge on any atom is 0.307 e. The molecule has 0 saturated carbocycles. The SMILES string of the molecule is CC(C)Oc1ccc(Nc2nc3cc(CC(=O)O)ccc3[nH]2)cc1. The first-order chi connectivity index (χ1) is 11.5. The molecule has 0 fully saturated rings. The largest absolute Gasteiger partial charge is 0.491 e. The van der Waals surface area contributed by atoms with Gasteiger partial charge in [-0.05, 0) is 55.8 Å². The Labute approximate surface area is 139 Å². The van der Waals surface area contributed by atoms with Gasteiger partial charge in [-0.2, -0.15) is 0 Å². The molecule has 3 rings (SSSR count). The van der Waals surface area contributed by atoms with E-state index in [2.05, 4.69) is 15.3 Å². The molecule has 0 aliphatic heterocycles. The highest BCUT2D eigenvalue weighted by Crippen LogP contribution is 2.22. The van der Waals surface area contributed by atoms with Gasteiger partial charge in [-0.3, -0.25) is 4.79 Å². The fraction of sp³-hybridized carbons (Fsp3) is 0.222. The average Bonchev–Trinajstić information content (AvgIpc) is 2.89. The van der Waals surface area contributed by atoms with Gasteiger partial charge >= 0.3 is 5.97 Å². The molecule has 0 spiro atoms. The summed E-state index contributed by atoms with van der Waals surface area (Å²) in [5.41, 5.74) is 3.20. The zero-order chi connectivity index (χ0) is 17.1. The van der Waals surface area contributed by atoms with Crippen LogP contribution in [0.4, 0.5) is 11.6 Å². The van der Waals surface area contributed by atoms with Crippen LogP contribution in [0.2, 0.25) is 0 Å². The summed E-state index contributed by atoms with van der Waals surface area (Å²) in [7, 11) is 0. The molecule has 0 atom stereocenters. The van der Waals surface area contributed by atoms with E-state index in [9.17, 15) is 4.79 Å². The zero-order valence-corrected chi connectivity index (χ0v) is 13.5. The predicted octanol–water partition coefficient (Wildman–Crippen LogP) is 3.72. The number of anilines is 2. The molecule has 0 aliphatic carbocycles. The van der Waals surface area contributed by atoms with Crippen LogP contribution in [-0.2, 0) is 11.2 Å². The molecule has 0 bridgehead atoms. The summed E-state index contributed by atoms with van der Waals surface area (Å²) in [5.74, 6) is 0.570. The molecular weight excluding hydrogens is 306 g/mol. The molecule has 6 heteroatoms. The first kappa shape index (κ1) is 15.9. The molecule has 124 valence electrons. The van der Waals surface area contributed by atoms with Crippen molar-refractivity contribution in [2.45, 2.75) is 26.4 Å². The van der Waals surface area contributed by atoms with Crippen molar-refractivity contribution in [3.05, 3.63) is 48.0 Å². The zero-order valence-electron chi connectivity index (χ0n) is 13.5. The Morgan fingerprint density at radius 3 is 2.67 bits per heavy atom. The van der Waals surface area contributed by atoms with Gasteiger partial charge in [0.1, 0.15) is 5.75 Å². The number of aromatic nitrogens is 2. The lowest BCUT2D eigenvalue weighted by Gasteiger charge is -2.10. The van der Waals surface area contributed by atoms with E-state index in [0.717, 1.165) is 28.0 Å². The number of H-pyrrole nitrogens is 1. The van der Waals surface area contributed by atoms with Crippen LogP contribution in [0.3, 0.4) is 0 Å². The van der Waals surface area contributed by atoms with Gasteiger partial charge in [-0.1, -0.05) is 6.07 Å². The standard InChI is InChI=1S/C18H19N3O3/c1-11(2)24-14-6-4-13(5-7-14)19-18-20-15-8-3-12(10-17(22)23)9-16(15)21-18/h3-9,11H,10H2,1-2H3,(H,22,23)(H2,19,20,21). The maximum atomic E-state index is 10.8. The van der Waals surface area contributed by atoms with E-state index >= 15 is 0 Å². The number of carbonyl (C=O) groups is 1. The fourth-order valence-corrected chi connectivity index (χ4v) is 2.42. The molecule has 0 amide bonds. The number of fused-ring (bicyclic) bond motifs is 1. The smallest absolute Gasteiger partial charge is 0.307 e. The Balaban J connectivity index is 1.76. The fourth-order valence-electron chi connectivity index (χ4n) is 2.42. The third-order valence-electron chi connectivity index (χ3n) is 3.39. The number of hydrogen-bond acceptors (Lipinski definition) is 4. The van der Waals surface area contributed by atoms with Crippen molar-refractivity contribution in [2.24, 2.45) is 0 Å². The minimum Gasteiger partial charge on any atom is -0.491 e. The van der Waals surface area contributed by atoms with E-state index < -0.39 is 5.97 Å². The van der Waals surface area contributed by atoms with Crippen molar-refractivity contribution in [2.75, 3.05) is 5.32 Å². The van der Waals surface area contributed by atoms with E-state index in [0.29, 0.717) is 5.95 Å². The second-order valence-electron chi connectivity index (χ2n) is 5.82. The van der Waals surface area contributed by atoms with E-state index in [1.807, 2.05) is 44.2 Å². The summed E-state index contributed by atoms with van der Waals surface area (Å²) in [6, 6.07) is 13.0. The van der Waals surface area contributed by atoms with E-state index in [1.54, 1.807) is 12.1 Å². The highest BCUT2D eigenvalue weighted by molar-refractivity contribution is 5.80. The van der Waals surface area contributed by atoms with Gasteiger partial charge in [0.25, 0.3) is 0 Å². The molecule has 0 saturated heterocycles. The van der Waals surface area contributed by atoms with Crippen LogP contribution in [0.15, 0.2) is 42.5 Å². The Morgan fingerprint density at radius 1 is 1.25 bits per heavy atom. The summed E-state index contributed by atoms with van der Waals surface area (Å²) >= 11 is 0. The van der Waals surface area contributed by atoms with Crippen LogP contribution in [0.5, 0.6) is 5.75 Å². The third kappa shape index (κ3) is 3.84. The Morgan fingerprint density at radius 2 is 2.00 bits per heavy atom. The highest BCUT2D eigenvalue weighted by atomic mass is 16.5. The van der Waals surface area contributed by atoms with Crippen molar-refractivity contribution in [1.29, 1.82) is 0 Å². The normalized spacial score (nSPS) is 11.0. The maximum absolute atomic E-state index is 10.8. The first-order valence-electron chi connectivity index (χ1n) is 7.74. The number of hydrogen-bond donors (Lipinski definition) is 3. The third-order valence-corrected chi connectivity index (χ3v) is 3.39. The van der Waals surface area contributed by atoms with Crippen LogP contribution in [-0.4, -0.2) is 27.1 Å². The summed E-state index contributed by atoms with van der Waals surface area (Å²) in [5, 5.41) is 12.1. The molecule has 2 aromatic carbocycles. The van der Waals surface area contributed by atoms with Crippen LogP contribution < -0.4 is 10.1 Å². The van der Waals surface area contributed by atoms with Crippen molar-refractivity contribution >= 4 is 28.6 Å². The van der Waals surface area contributed by atoms with E-state index in [-0.39, 0.29) is 12.5 Å². The lowest BCUT2D eigenvalue weighted by Crippen LogP contribution is -2.05. The van der Waals surface area contributed by atoms with Gasteiger partial charge in [0.05, 0.1) is 23.6 Å². The van der Waals surface area contributed by atoms with Gasteiger partial charge in [0.15, 0.2) is 0 Å². The monoisotopic (exact) mass is 325 g/mol. The molecule has 0 radical (unpaired) electrons. The van der Waals surface area contributed by atoms with E-state index in [1.165, 1.54) is 0 Å². The summed E-state index contributed by atoms with van der Waals surface area (Å²) in [4.78, 5) is 18.4. The molecule has 24 heavy (non-hydrogen) atoms. The second-order valence-corrected chi connectivity index (χ2v) is 5.82. The minimum absolute atomic E-state index is 0.0110. The first-order valence-corrected chi connectivity index (χ1v) is 7.74. The summed E-state index contributed by atoms with van der Waals surface area (Å²) in [6.07, 6.45) is 0.127. The molecule has 1 heterocycles. The van der Waals surface area contributed by atoms with Gasteiger partial charge < -0.3 is 20.1 Å². The predicted molar refractivity (Wildman–Crippen MR) is 92.9 cm³/mol. The number of benzene rings is 2. The number of imidazole rings is 1. The Kier molecular flexibility index (Phi) is 4.37. The lowest BCUT2D eigenvalue weighted by molar-refractivity contribution is -0.136. The van der Waals surface area contributed by atoms with Crippen molar-refractivity contribution in [3.8, 4) is 5.75 Å². The molecule has 0 aliphatic rings. The molecular formula is C18H19N3O3. The lowest BCUT2D eigenvalue weighted by atomic mass is 10.1. The van der Waals surface area contributed by atoms with E-state index in [4.69, 9.17) is 9.84 Å². The highest BCUT2D eigenvalue weighted by Gasteiger charge is 2.07. The molecule has 1 aromatic heterocycles. The van der Waals surface area contributed by atoms with Gasteiger partial charge in [-0.25, -0.2) is 4.98 Å². The van der Waals surface area contributed by atoms with Crippen LogP contribution >= 0.6 is 0 Å². The summed E-state index contributed by atoms with van der Waals surface area (Å²) in [6.45, 7) is 3.97. The molecule has 3 N–H and O–H groups in total. The summed E-state index contributed by atoms with van der Waals surface area (Å²) < 4.78 is 5.61. The molecule has 0 unspecified atom stereocenters. The van der Waals surface area contributed by atoms with Gasteiger partial charge in [0.2, 0.25) is 5.95 Å². The number of carboxylic acids is 1. The van der Waals surface area contributed by atoms with Crippen LogP contribution in [0.25, 0.3) is 11.0 Å². The Bertz CT molecular complexity index is 854. The van der Waals surface area contributed by atoms with Gasteiger partial charge in [-0.15, -0.1) is 0 Å². The number of nitrogens with one attached hydrogen (secondary N) is 2. The number of nitrogens with zero attached hydrogens (tertiary/aromatic N) is 1. The number of aromatic amines is 1. The average molecular weight is 325 g/mol. The van der Waals surface area contributed by atoms with Gasteiger partial charge in [0, 0.05) is 5.69 Å². The minimum atomic E-state index is -0.855. The van der Waals surface area contributed by atoms with Crippen LogP contribution in [0.1, 0.15) is 19.4 Å². The Hall–Kier alpha value is -3.02. The quantitative estimate of drug-likeness (QED) is 0.643. The van der Waals surface area contributed by atoms with Crippen molar-refractivity contribution < 1.29 is 14.6 Å². The number of aliphatic carboxylic acids is 1. The van der Waals surface area contributed by atoms with Crippen LogP contribution in [0, 0.1) is 0 Å². The number of ether oxygens (including phenoxy) is 1. The topological polar surface area (TPSA) is 87.2 Å². The number of rotatable bonds is 6. The second kappa shape index (κ2) is 6.62. The molecule has 6 nitrogen and oxygen atoms in total. The van der Waals surface area contributed by atoms with Crippen molar-refractivity contribution in [1.82, 2.24) is 9.97 Å².